The Labute approximate surface area is 272 Å². The zero-order valence-electron chi connectivity index (χ0n) is 28.3. The summed E-state index contributed by atoms with van der Waals surface area (Å²) in [5.41, 5.74) is -2.32. The normalized spacial score (nSPS) is 53.1. The van der Waals surface area contributed by atoms with Crippen molar-refractivity contribution in [2.24, 2.45) is 56.7 Å². The molecule has 6 N–H and O–H groups in total. The van der Waals surface area contributed by atoms with Crippen molar-refractivity contribution in [3.8, 4) is 0 Å². The molecular formula is C36H56O10. The van der Waals surface area contributed by atoms with Crippen molar-refractivity contribution >= 4 is 11.9 Å². The molecule has 260 valence electrons. The average molecular weight is 649 g/mol. The van der Waals surface area contributed by atoms with E-state index in [-0.39, 0.29) is 35.2 Å². The SMILES string of the molecule is C[C@H]1[C@H](C)CC[C@]2(C(=O)O)CC[C@]3(C(=O)O)C(=CC[C@@H]4[C@@]5(C)CC[C@H](O[C@@H]6O[C@H](CO)[C@@H](O)[C@H](O)[C@H]6O)C(C)(C)[C@@H]5CC[C@]43C)[C@@H]12. The summed E-state index contributed by atoms with van der Waals surface area (Å²) in [4.78, 5) is 26.8. The number of hydrogen-bond acceptors (Lipinski definition) is 8. The van der Waals surface area contributed by atoms with E-state index in [0.29, 0.717) is 38.0 Å². The Kier molecular flexibility index (Phi) is 8.38. The van der Waals surface area contributed by atoms with Gasteiger partial charge in [0.25, 0.3) is 0 Å². The van der Waals surface area contributed by atoms with Crippen molar-refractivity contribution in [3.63, 3.8) is 0 Å². The molecule has 5 aliphatic carbocycles. The first-order valence-corrected chi connectivity index (χ1v) is 17.6. The number of aliphatic carboxylic acids is 2. The van der Waals surface area contributed by atoms with E-state index < -0.39 is 70.9 Å². The van der Waals surface area contributed by atoms with Crippen molar-refractivity contribution in [1.82, 2.24) is 0 Å². The zero-order chi connectivity index (χ0) is 33.8. The molecule has 4 saturated carbocycles. The number of allylic oxidation sites excluding steroid dienone is 1. The van der Waals surface area contributed by atoms with Crippen LogP contribution >= 0.6 is 0 Å². The lowest BCUT2D eigenvalue weighted by atomic mass is 9.33. The van der Waals surface area contributed by atoms with Gasteiger partial charge in [-0.1, -0.05) is 53.2 Å². The number of rotatable bonds is 5. The van der Waals surface area contributed by atoms with E-state index in [1.807, 2.05) is 0 Å². The van der Waals surface area contributed by atoms with Gasteiger partial charge < -0.3 is 40.1 Å². The molecular weight excluding hydrogens is 592 g/mol. The summed E-state index contributed by atoms with van der Waals surface area (Å²) in [6, 6.07) is 0. The summed E-state index contributed by atoms with van der Waals surface area (Å²) in [5.74, 6) is -1.24. The van der Waals surface area contributed by atoms with Crippen molar-refractivity contribution in [2.45, 2.75) is 136 Å². The second-order valence-electron chi connectivity index (χ2n) is 17.2. The van der Waals surface area contributed by atoms with E-state index in [1.165, 1.54) is 0 Å². The molecule has 0 spiro atoms. The zero-order valence-corrected chi connectivity index (χ0v) is 28.3. The van der Waals surface area contributed by atoms with E-state index in [0.717, 1.165) is 31.3 Å². The molecule has 0 radical (unpaired) electrons. The van der Waals surface area contributed by atoms with Crippen LogP contribution in [0.4, 0.5) is 0 Å². The van der Waals surface area contributed by atoms with Gasteiger partial charge in [-0.05, 0) is 104 Å². The molecule has 0 aromatic rings. The van der Waals surface area contributed by atoms with Gasteiger partial charge in [0.15, 0.2) is 6.29 Å². The lowest BCUT2D eigenvalue weighted by Gasteiger charge is -2.70. The molecule has 1 saturated heterocycles. The maximum atomic E-state index is 13.8. The topological polar surface area (TPSA) is 174 Å². The molecule has 1 aliphatic heterocycles. The molecule has 0 bridgehead atoms. The molecule has 10 nitrogen and oxygen atoms in total. The molecule has 6 rings (SSSR count). The minimum absolute atomic E-state index is 0.0692. The first-order valence-electron chi connectivity index (χ1n) is 17.6. The third-order valence-electron chi connectivity index (χ3n) is 15.3. The molecule has 0 aromatic carbocycles. The summed E-state index contributed by atoms with van der Waals surface area (Å²) in [7, 11) is 0. The van der Waals surface area contributed by atoms with Gasteiger partial charge in [-0.2, -0.15) is 0 Å². The third-order valence-corrected chi connectivity index (χ3v) is 15.3. The monoisotopic (exact) mass is 648 g/mol. The number of fused-ring (bicyclic) bond motifs is 7. The molecule has 10 heteroatoms. The Bertz CT molecular complexity index is 1260. The number of aliphatic hydroxyl groups excluding tert-OH is 4. The maximum Gasteiger partial charge on any atom is 0.314 e. The minimum atomic E-state index is -1.51. The number of ether oxygens (including phenoxy) is 2. The lowest BCUT2D eigenvalue weighted by molar-refractivity contribution is -0.330. The molecule has 1 heterocycles. The largest absolute Gasteiger partial charge is 0.481 e. The second kappa shape index (κ2) is 11.2. The molecule has 0 unspecified atom stereocenters. The second-order valence-corrected chi connectivity index (χ2v) is 17.2. The molecule has 6 aliphatic rings. The fourth-order valence-electron chi connectivity index (χ4n) is 12.6. The first kappa shape index (κ1) is 34.3. The van der Waals surface area contributed by atoms with Gasteiger partial charge in [0.05, 0.1) is 23.5 Å². The van der Waals surface area contributed by atoms with E-state index in [4.69, 9.17) is 9.47 Å². The van der Waals surface area contributed by atoms with E-state index in [2.05, 4.69) is 47.6 Å². The van der Waals surface area contributed by atoms with Crippen LogP contribution < -0.4 is 0 Å². The van der Waals surface area contributed by atoms with Crippen LogP contribution in [0.25, 0.3) is 0 Å². The van der Waals surface area contributed by atoms with Crippen LogP contribution in [0.15, 0.2) is 11.6 Å². The number of carbonyl (C=O) groups is 2. The Morgan fingerprint density at radius 1 is 0.870 bits per heavy atom. The summed E-state index contributed by atoms with van der Waals surface area (Å²) < 4.78 is 12.1. The van der Waals surface area contributed by atoms with Gasteiger partial charge in [-0.15, -0.1) is 0 Å². The van der Waals surface area contributed by atoms with Gasteiger partial charge in [0, 0.05) is 0 Å². The summed E-state index contributed by atoms with van der Waals surface area (Å²) in [6.07, 6.45) is 0.942. The van der Waals surface area contributed by atoms with E-state index >= 15 is 0 Å². The van der Waals surface area contributed by atoms with Crippen LogP contribution in [0.5, 0.6) is 0 Å². The Balaban J connectivity index is 1.34. The van der Waals surface area contributed by atoms with Crippen molar-refractivity contribution in [2.75, 3.05) is 6.61 Å². The van der Waals surface area contributed by atoms with Crippen LogP contribution in [0.2, 0.25) is 0 Å². The van der Waals surface area contributed by atoms with Crippen LogP contribution in [-0.4, -0.2) is 86.0 Å². The highest BCUT2D eigenvalue weighted by Crippen LogP contribution is 2.76. The van der Waals surface area contributed by atoms with Crippen LogP contribution in [-0.2, 0) is 19.1 Å². The van der Waals surface area contributed by atoms with E-state index in [1.54, 1.807) is 0 Å². The summed E-state index contributed by atoms with van der Waals surface area (Å²) in [5, 5.41) is 63.0. The fraction of sp³-hybridized carbons (Fsp3) is 0.889. The summed E-state index contributed by atoms with van der Waals surface area (Å²) >= 11 is 0. The Morgan fingerprint density at radius 2 is 1.57 bits per heavy atom. The Morgan fingerprint density at radius 3 is 2.20 bits per heavy atom. The standard InChI is InChI=1S/C36H56O10/c1-18-9-14-35(30(41)42)15-16-36(31(43)44)20(25(35)19(18)2)7-8-23-33(5)12-11-24(32(3,4)22(33)10-13-34(23,36)6)46-29-28(40)27(39)26(38)21(17-37)45-29/h7,18-19,21-29,37-40H,8-17H2,1-6H3,(H,41,42)(H,43,44)/t18-,19+,21-,22+,23-,24+,25-,26-,27+,28-,29+,33+,34-,35+,36-/m1/s1. The minimum Gasteiger partial charge on any atom is -0.481 e. The molecule has 46 heavy (non-hydrogen) atoms. The van der Waals surface area contributed by atoms with Crippen LogP contribution in [0, 0.1) is 56.7 Å². The molecule has 0 amide bonds. The van der Waals surface area contributed by atoms with Gasteiger partial charge in [0.1, 0.15) is 24.4 Å². The predicted molar refractivity (Wildman–Crippen MR) is 167 cm³/mol. The van der Waals surface area contributed by atoms with Gasteiger partial charge >= 0.3 is 11.9 Å². The highest BCUT2D eigenvalue weighted by atomic mass is 16.7. The van der Waals surface area contributed by atoms with Crippen molar-refractivity contribution in [3.05, 3.63) is 11.6 Å². The molecule has 15 atom stereocenters. The lowest BCUT2D eigenvalue weighted by Crippen LogP contribution is -2.68. The van der Waals surface area contributed by atoms with E-state index in [9.17, 15) is 40.2 Å². The predicted octanol–water partition coefficient (Wildman–Crippen LogP) is 3.98. The number of carboxylic acids is 2. The van der Waals surface area contributed by atoms with Gasteiger partial charge in [-0.3, -0.25) is 9.59 Å². The quantitative estimate of drug-likeness (QED) is 0.189. The van der Waals surface area contributed by atoms with Crippen LogP contribution in [0.1, 0.15) is 99.3 Å². The fourth-order valence-corrected chi connectivity index (χ4v) is 12.6. The smallest absolute Gasteiger partial charge is 0.314 e. The highest BCUT2D eigenvalue weighted by Gasteiger charge is 2.73. The molecule has 5 fully saturated rings. The van der Waals surface area contributed by atoms with Gasteiger partial charge in [-0.25, -0.2) is 0 Å². The van der Waals surface area contributed by atoms with Gasteiger partial charge in [0.2, 0.25) is 0 Å². The number of hydrogen-bond donors (Lipinski definition) is 6. The number of carboxylic acid groups (broad SMARTS) is 2. The van der Waals surface area contributed by atoms with Crippen LogP contribution in [0.3, 0.4) is 0 Å². The average Bonchev–Trinajstić information content (AvgIpc) is 2.99. The number of aliphatic hydroxyl groups is 4. The third kappa shape index (κ3) is 4.35. The molecule has 0 aromatic heterocycles. The van der Waals surface area contributed by atoms with Crippen molar-refractivity contribution in [1.29, 1.82) is 0 Å². The highest BCUT2D eigenvalue weighted by molar-refractivity contribution is 5.84. The first-order chi connectivity index (χ1) is 21.4. The Hall–Kier alpha value is -1.56. The maximum absolute atomic E-state index is 13.8. The van der Waals surface area contributed by atoms with Crippen molar-refractivity contribution < 1.29 is 49.7 Å². The summed E-state index contributed by atoms with van der Waals surface area (Å²) in [6.45, 7) is 12.6.